The normalized spacial score (nSPS) is 11.5. The molecule has 0 aliphatic carbocycles. The van der Waals surface area contributed by atoms with Crippen LogP contribution in [0.15, 0.2) is 63.5 Å². The molecule has 0 atom stereocenters. The summed E-state index contributed by atoms with van der Waals surface area (Å²) in [4.78, 5) is 12.8. The fourth-order valence-corrected chi connectivity index (χ4v) is 3.26. The van der Waals surface area contributed by atoms with E-state index >= 15 is 0 Å². The second-order valence-electron chi connectivity index (χ2n) is 5.93. The molecule has 26 heavy (non-hydrogen) atoms. The zero-order valence-corrected chi connectivity index (χ0v) is 16.0. The van der Waals surface area contributed by atoms with Gasteiger partial charge in [0, 0.05) is 30.6 Å². The highest BCUT2D eigenvalue weighted by Crippen LogP contribution is 2.18. The quantitative estimate of drug-likeness (QED) is 0.505. The van der Waals surface area contributed by atoms with Crippen LogP contribution in [-0.4, -0.2) is 36.0 Å². The number of aliphatic imine (C=N–C) groups is 1. The van der Waals surface area contributed by atoms with Gasteiger partial charge in [0.1, 0.15) is 12.0 Å². The maximum absolute atomic E-state index is 5.59. The minimum Gasteiger partial charge on any atom is -0.444 e. The van der Waals surface area contributed by atoms with Gasteiger partial charge in [-0.05, 0) is 36.9 Å². The first-order valence-electron chi connectivity index (χ1n) is 8.78. The highest BCUT2D eigenvalue weighted by molar-refractivity contribution is 7.09. The van der Waals surface area contributed by atoms with Gasteiger partial charge in [-0.2, -0.15) is 0 Å². The Morgan fingerprint density at radius 2 is 2.08 bits per heavy atom. The van der Waals surface area contributed by atoms with Gasteiger partial charge in [-0.15, -0.1) is 11.3 Å². The topological polar surface area (TPSA) is 53.7 Å². The molecule has 0 fully saturated rings. The molecule has 0 unspecified atom stereocenters. The average molecular weight is 369 g/mol. The Bertz CT molecular complexity index is 811. The minimum absolute atomic E-state index is 0.488. The summed E-state index contributed by atoms with van der Waals surface area (Å²) in [7, 11) is 2.06. The molecule has 1 aromatic carbocycles. The minimum atomic E-state index is 0.488. The van der Waals surface area contributed by atoms with Gasteiger partial charge in [-0.3, -0.25) is 0 Å². The van der Waals surface area contributed by atoms with Crippen LogP contribution in [0.3, 0.4) is 0 Å². The summed E-state index contributed by atoms with van der Waals surface area (Å²) in [5.41, 5.74) is 1.80. The number of likely N-dealkylation sites (N-methyl/N-ethyl adjacent to an activating group) is 1. The zero-order chi connectivity index (χ0) is 18.2. The molecule has 0 aliphatic heterocycles. The van der Waals surface area contributed by atoms with Crippen LogP contribution >= 0.6 is 11.3 Å². The molecular weight excluding hydrogens is 344 g/mol. The lowest BCUT2D eigenvalue weighted by Crippen LogP contribution is -2.39. The van der Waals surface area contributed by atoms with Crippen LogP contribution < -0.4 is 5.32 Å². The van der Waals surface area contributed by atoms with Crippen LogP contribution in [0.4, 0.5) is 0 Å². The number of hydrogen-bond donors (Lipinski definition) is 1. The number of oxazole rings is 1. The summed E-state index contributed by atoms with van der Waals surface area (Å²) in [5, 5.41) is 5.46. The first kappa shape index (κ1) is 18.2. The molecule has 2 heterocycles. The van der Waals surface area contributed by atoms with Crippen LogP contribution in [-0.2, 0) is 13.0 Å². The third kappa shape index (κ3) is 4.95. The van der Waals surface area contributed by atoms with Gasteiger partial charge < -0.3 is 14.6 Å². The predicted octanol–water partition coefficient (Wildman–Crippen LogP) is 4.04. The fraction of sp³-hybridized carbons (Fsp3) is 0.300. The lowest BCUT2D eigenvalue weighted by Gasteiger charge is -2.21. The van der Waals surface area contributed by atoms with E-state index in [9.17, 15) is 0 Å². The summed E-state index contributed by atoms with van der Waals surface area (Å²) in [6.45, 7) is 4.31. The van der Waals surface area contributed by atoms with E-state index in [2.05, 4.69) is 46.7 Å². The Kier molecular flexibility index (Phi) is 6.44. The molecule has 0 saturated carbocycles. The number of benzene rings is 1. The Hall–Kier alpha value is -2.60. The first-order valence-corrected chi connectivity index (χ1v) is 9.66. The molecule has 136 valence electrons. The highest BCUT2D eigenvalue weighted by Gasteiger charge is 2.09. The van der Waals surface area contributed by atoms with Crippen molar-refractivity contribution in [2.45, 2.75) is 19.9 Å². The second-order valence-corrected chi connectivity index (χ2v) is 6.96. The second kappa shape index (κ2) is 9.20. The van der Waals surface area contributed by atoms with E-state index < -0.39 is 0 Å². The van der Waals surface area contributed by atoms with Crippen LogP contribution in [0.1, 0.15) is 17.5 Å². The molecule has 3 aromatic rings. The van der Waals surface area contributed by atoms with Crippen molar-refractivity contribution in [3.8, 4) is 11.5 Å². The van der Waals surface area contributed by atoms with Crippen molar-refractivity contribution in [3.63, 3.8) is 0 Å². The van der Waals surface area contributed by atoms with E-state index in [1.807, 2.05) is 30.3 Å². The van der Waals surface area contributed by atoms with E-state index in [1.54, 1.807) is 17.6 Å². The summed E-state index contributed by atoms with van der Waals surface area (Å²) in [6.07, 6.45) is 2.70. The largest absolute Gasteiger partial charge is 0.444 e. The standard InChI is InChI=1S/C20H24N4OS/c1-3-21-20(24(2)12-11-18-10-7-13-26-18)22-14-17-15-25-19(23-17)16-8-5-4-6-9-16/h4-10,13,15H,3,11-12,14H2,1-2H3,(H,21,22). The van der Waals surface area contributed by atoms with Crippen LogP contribution in [0, 0.1) is 0 Å². The van der Waals surface area contributed by atoms with E-state index in [4.69, 9.17) is 9.41 Å². The lowest BCUT2D eigenvalue weighted by atomic mass is 10.2. The van der Waals surface area contributed by atoms with Gasteiger partial charge in [-0.1, -0.05) is 24.3 Å². The van der Waals surface area contributed by atoms with Gasteiger partial charge in [-0.25, -0.2) is 9.98 Å². The van der Waals surface area contributed by atoms with Crippen molar-refractivity contribution in [2.24, 2.45) is 4.99 Å². The van der Waals surface area contributed by atoms with Gasteiger partial charge in [0.15, 0.2) is 5.96 Å². The fourth-order valence-electron chi connectivity index (χ4n) is 2.56. The van der Waals surface area contributed by atoms with Crippen molar-refractivity contribution in [2.75, 3.05) is 20.1 Å². The Morgan fingerprint density at radius 3 is 2.81 bits per heavy atom. The molecule has 1 N–H and O–H groups in total. The number of hydrogen-bond acceptors (Lipinski definition) is 4. The van der Waals surface area contributed by atoms with Crippen molar-refractivity contribution in [1.29, 1.82) is 0 Å². The Balaban J connectivity index is 1.62. The van der Waals surface area contributed by atoms with Gasteiger partial charge in [0.2, 0.25) is 5.89 Å². The van der Waals surface area contributed by atoms with Crippen molar-refractivity contribution in [3.05, 3.63) is 64.7 Å². The zero-order valence-electron chi connectivity index (χ0n) is 15.2. The Morgan fingerprint density at radius 1 is 1.23 bits per heavy atom. The van der Waals surface area contributed by atoms with Gasteiger partial charge in [0.05, 0.1) is 6.54 Å². The monoisotopic (exact) mass is 368 g/mol. The number of nitrogens with one attached hydrogen (secondary N) is 1. The third-order valence-corrected chi connectivity index (χ3v) is 4.87. The highest BCUT2D eigenvalue weighted by atomic mass is 32.1. The van der Waals surface area contributed by atoms with E-state index in [0.717, 1.165) is 36.7 Å². The number of guanidine groups is 1. The SMILES string of the molecule is CCNC(=NCc1coc(-c2ccccc2)n1)N(C)CCc1cccs1. The van der Waals surface area contributed by atoms with Crippen molar-refractivity contribution >= 4 is 17.3 Å². The first-order chi connectivity index (χ1) is 12.8. The molecule has 5 nitrogen and oxygen atoms in total. The van der Waals surface area contributed by atoms with E-state index in [-0.39, 0.29) is 0 Å². The summed E-state index contributed by atoms with van der Waals surface area (Å²) in [6, 6.07) is 14.2. The maximum Gasteiger partial charge on any atom is 0.226 e. The van der Waals surface area contributed by atoms with Crippen LogP contribution in [0.2, 0.25) is 0 Å². The number of rotatable bonds is 7. The van der Waals surface area contributed by atoms with Crippen LogP contribution in [0.25, 0.3) is 11.5 Å². The maximum atomic E-state index is 5.59. The van der Waals surface area contributed by atoms with Crippen molar-refractivity contribution in [1.82, 2.24) is 15.2 Å². The molecule has 0 radical (unpaired) electrons. The smallest absolute Gasteiger partial charge is 0.226 e. The number of thiophene rings is 1. The predicted molar refractivity (Wildman–Crippen MR) is 107 cm³/mol. The molecule has 0 bridgehead atoms. The third-order valence-electron chi connectivity index (χ3n) is 3.93. The summed E-state index contributed by atoms with van der Waals surface area (Å²) in [5.74, 6) is 1.51. The van der Waals surface area contributed by atoms with E-state index in [1.165, 1.54) is 4.88 Å². The molecule has 6 heteroatoms. The number of nitrogens with zero attached hydrogens (tertiary/aromatic N) is 3. The molecule has 2 aromatic heterocycles. The van der Waals surface area contributed by atoms with Crippen molar-refractivity contribution < 1.29 is 4.42 Å². The molecule has 0 amide bonds. The van der Waals surface area contributed by atoms with Gasteiger partial charge >= 0.3 is 0 Å². The summed E-state index contributed by atoms with van der Waals surface area (Å²) < 4.78 is 5.59. The molecule has 0 saturated heterocycles. The van der Waals surface area contributed by atoms with Gasteiger partial charge in [0.25, 0.3) is 0 Å². The lowest BCUT2D eigenvalue weighted by molar-refractivity contribution is 0.486. The molecular formula is C20H24N4OS. The van der Waals surface area contributed by atoms with E-state index in [0.29, 0.717) is 12.4 Å². The Labute approximate surface area is 158 Å². The molecule has 0 aliphatic rings. The summed E-state index contributed by atoms with van der Waals surface area (Å²) >= 11 is 1.79. The van der Waals surface area contributed by atoms with Crippen LogP contribution in [0.5, 0.6) is 0 Å². The number of aromatic nitrogens is 1. The average Bonchev–Trinajstić information content (AvgIpc) is 3.36. The molecule has 3 rings (SSSR count). The molecule has 0 spiro atoms.